The molecule has 17 heavy (non-hydrogen) atoms. The predicted octanol–water partition coefficient (Wildman–Crippen LogP) is 0.106. The summed E-state index contributed by atoms with van der Waals surface area (Å²) in [5.74, 6) is -1.39. The van der Waals surface area contributed by atoms with E-state index in [1.807, 2.05) is 0 Å². The molecule has 0 aliphatic carbocycles. The van der Waals surface area contributed by atoms with Crippen LogP contribution >= 0.6 is 0 Å². The first-order valence-electron chi connectivity index (χ1n) is 5.01. The number of nitrogens with one attached hydrogen (secondary N) is 2. The summed E-state index contributed by atoms with van der Waals surface area (Å²) in [6, 6.07) is -0.707. The molecule has 0 radical (unpaired) electrons. The summed E-state index contributed by atoms with van der Waals surface area (Å²) in [6.07, 6.45) is 1.19. The van der Waals surface area contributed by atoms with Crippen molar-refractivity contribution in [2.45, 2.75) is 31.8 Å². The van der Waals surface area contributed by atoms with Crippen LogP contribution in [0.3, 0.4) is 0 Å². The highest BCUT2D eigenvalue weighted by Gasteiger charge is 2.26. The largest absolute Gasteiger partial charge is 0.481 e. The number of aromatic amines is 1. The van der Waals surface area contributed by atoms with Crippen LogP contribution in [0, 0.1) is 12.8 Å². The molecular formula is C9H15N3O4S. The second-order valence-electron chi connectivity index (χ2n) is 3.87. The van der Waals surface area contributed by atoms with Gasteiger partial charge in [-0.15, -0.1) is 0 Å². The molecule has 1 aromatic rings. The number of carboxylic acids is 1. The highest BCUT2D eigenvalue weighted by Crippen LogP contribution is 2.09. The molecule has 0 bridgehead atoms. The molecule has 0 aromatic carbocycles. The Kier molecular flexibility index (Phi) is 3.89. The fourth-order valence-electron chi connectivity index (χ4n) is 1.16. The molecule has 0 saturated heterocycles. The fourth-order valence-corrected chi connectivity index (χ4v) is 2.45. The number of hydrogen-bond donors (Lipinski definition) is 3. The summed E-state index contributed by atoms with van der Waals surface area (Å²) in [5, 5.41) is 8.70. The van der Waals surface area contributed by atoms with E-state index in [2.05, 4.69) is 14.7 Å². The van der Waals surface area contributed by atoms with Gasteiger partial charge in [-0.05, 0) is 13.8 Å². The van der Waals surface area contributed by atoms with Crippen LogP contribution in [0.1, 0.15) is 19.7 Å². The average molecular weight is 261 g/mol. The zero-order chi connectivity index (χ0) is 13.2. The first-order chi connectivity index (χ1) is 7.74. The van der Waals surface area contributed by atoms with Crippen molar-refractivity contribution in [2.24, 2.45) is 5.92 Å². The Labute approximate surface area is 99.3 Å². The van der Waals surface area contributed by atoms with Gasteiger partial charge in [0, 0.05) is 6.04 Å². The Morgan fingerprint density at radius 3 is 2.53 bits per heavy atom. The third-order valence-electron chi connectivity index (χ3n) is 2.45. The molecule has 2 unspecified atom stereocenters. The molecule has 0 spiro atoms. The van der Waals surface area contributed by atoms with Gasteiger partial charge < -0.3 is 10.1 Å². The summed E-state index contributed by atoms with van der Waals surface area (Å²) in [7, 11) is -3.75. The van der Waals surface area contributed by atoms with Crippen LogP contribution in [0.25, 0.3) is 0 Å². The van der Waals surface area contributed by atoms with E-state index in [-0.39, 0.29) is 5.03 Å². The lowest BCUT2D eigenvalue weighted by Crippen LogP contribution is -2.40. The van der Waals surface area contributed by atoms with Crippen molar-refractivity contribution in [1.29, 1.82) is 0 Å². The molecule has 7 nitrogen and oxygen atoms in total. The summed E-state index contributed by atoms with van der Waals surface area (Å²) in [4.78, 5) is 17.1. The van der Waals surface area contributed by atoms with Crippen LogP contribution in [0.4, 0.5) is 0 Å². The van der Waals surface area contributed by atoms with Gasteiger partial charge in [0.25, 0.3) is 10.0 Å². The minimum Gasteiger partial charge on any atom is -0.481 e. The van der Waals surface area contributed by atoms with Gasteiger partial charge in [-0.1, -0.05) is 6.92 Å². The SMILES string of the molecule is Cc1ncc(S(=O)(=O)NC(C)C(C)C(=O)O)[nH]1. The fraction of sp³-hybridized carbons (Fsp3) is 0.556. The number of carbonyl (C=O) groups is 1. The van der Waals surface area contributed by atoms with Crippen LogP contribution < -0.4 is 4.72 Å². The summed E-state index contributed by atoms with van der Waals surface area (Å²) in [6.45, 7) is 4.57. The molecule has 3 N–H and O–H groups in total. The van der Waals surface area contributed by atoms with E-state index in [1.54, 1.807) is 6.92 Å². The van der Waals surface area contributed by atoms with Gasteiger partial charge >= 0.3 is 5.97 Å². The Hall–Kier alpha value is -1.41. The highest BCUT2D eigenvalue weighted by atomic mass is 32.2. The maximum atomic E-state index is 11.8. The van der Waals surface area contributed by atoms with Crippen LogP contribution in [-0.2, 0) is 14.8 Å². The van der Waals surface area contributed by atoms with E-state index in [4.69, 9.17) is 5.11 Å². The van der Waals surface area contributed by atoms with Gasteiger partial charge in [0.15, 0.2) is 5.03 Å². The van der Waals surface area contributed by atoms with Crippen molar-refractivity contribution < 1.29 is 18.3 Å². The van der Waals surface area contributed by atoms with Gasteiger partial charge in [-0.25, -0.2) is 18.1 Å². The second-order valence-corrected chi connectivity index (χ2v) is 5.55. The van der Waals surface area contributed by atoms with Crippen LogP contribution in [0.5, 0.6) is 0 Å². The molecule has 0 amide bonds. The molecular weight excluding hydrogens is 246 g/mol. The summed E-state index contributed by atoms with van der Waals surface area (Å²) < 4.78 is 25.9. The molecule has 0 aliphatic heterocycles. The number of hydrogen-bond acceptors (Lipinski definition) is 4. The number of nitrogens with zero attached hydrogens (tertiary/aromatic N) is 1. The average Bonchev–Trinajstić information content (AvgIpc) is 2.63. The molecule has 8 heteroatoms. The lowest BCUT2D eigenvalue weighted by Gasteiger charge is -2.16. The number of carboxylic acid groups (broad SMARTS) is 1. The third kappa shape index (κ3) is 3.27. The molecule has 0 aliphatic rings. The van der Waals surface area contributed by atoms with Crippen LogP contribution in [0.2, 0.25) is 0 Å². The smallest absolute Gasteiger partial charge is 0.307 e. The van der Waals surface area contributed by atoms with Crippen LogP contribution in [0.15, 0.2) is 11.2 Å². The number of aromatic nitrogens is 2. The van der Waals surface area contributed by atoms with Gasteiger partial charge in [0.05, 0.1) is 12.1 Å². The number of H-pyrrole nitrogens is 1. The molecule has 0 fully saturated rings. The highest BCUT2D eigenvalue weighted by molar-refractivity contribution is 7.89. The van der Waals surface area contributed by atoms with Gasteiger partial charge in [-0.3, -0.25) is 4.79 Å². The normalized spacial score (nSPS) is 15.5. The molecule has 1 heterocycles. The lowest BCUT2D eigenvalue weighted by molar-refractivity contribution is -0.141. The van der Waals surface area contributed by atoms with Gasteiger partial charge in [0.2, 0.25) is 0 Å². The predicted molar refractivity (Wildman–Crippen MR) is 59.9 cm³/mol. The van der Waals surface area contributed by atoms with Crippen molar-refractivity contribution >= 4 is 16.0 Å². The number of aryl methyl sites for hydroxylation is 1. The monoisotopic (exact) mass is 261 g/mol. The van der Waals surface area contributed by atoms with E-state index in [9.17, 15) is 13.2 Å². The third-order valence-corrected chi connectivity index (χ3v) is 3.92. The van der Waals surface area contributed by atoms with E-state index >= 15 is 0 Å². The van der Waals surface area contributed by atoms with Gasteiger partial charge in [0.1, 0.15) is 5.82 Å². The maximum Gasteiger partial charge on any atom is 0.307 e. The first kappa shape index (κ1) is 13.7. The Bertz CT molecular complexity index is 508. The molecule has 96 valence electrons. The topological polar surface area (TPSA) is 112 Å². The number of aliphatic carboxylic acids is 1. The zero-order valence-electron chi connectivity index (χ0n) is 9.76. The first-order valence-corrected chi connectivity index (χ1v) is 6.49. The Morgan fingerprint density at radius 1 is 1.53 bits per heavy atom. The van der Waals surface area contributed by atoms with E-state index < -0.39 is 28.0 Å². The van der Waals surface area contributed by atoms with Crippen molar-refractivity contribution in [1.82, 2.24) is 14.7 Å². The minimum absolute atomic E-state index is 0.0700. The van der Waals surface area contributed by atoms with Crippen molar-refractivity contribution in [3.8, 4) is 0 Å². The Balaban J connectivity index is 2.84. The molecule has 2 atom stereocenters. The van der Waals surface area contributed by atoms with Crippen LogP contribution in [-0.4, -0.2) is 35.5 Å². The Morgan fingerprint density at radius 2 is 2.12 bits per heavy atom. The molecule has 1 aromatic heterocycles. The number of imidazole rings is 1. The van der Waals surface area contributed by atoms with Crippen molar-refractivity contribution in [3.05, 3.63) is 12.0 Å². The van der Waals surface area contributed by atoms with E-state index in [0.717, 1.165) is 0 Å². The van der Waals surface area contributed by atoms with E-state index in [0.29, 0.717) is 5.82 Å². The molecule has 0 saturated carbocycles. The molecule has 1 rings (SSSR count). The van der Waals surface area contributed by atoms with E-state index in [1.165, 1.54) is 20.0 Å². The number of sulfonamides is 1. The summed E-state index contributed by atoms with van der Waals surface area (Å²) in [5.41, 5.74) is 0. The number of rotatable bonds is 5. The standard InChI is InChI=1S/C9H15N3O4S/c1-5(9(13)14)6(2)12-17(15,16)8-4-10-7(3)11-8/h4-6,12H,1-3H3,(H,10,11)(H,13,14). The lowest BCUT2D eigenvalue weighted by atomic mass is 10.1. The second kappa shape index (κ2) is 4.84. The van der Waals surface area contributed by atoms with Crippen molar-refractivity contribution in [2.75, 3.05) is 0 Å². The quantitative estimate of drug-likeness (QED) is 0.696. The minimum atomic E-state index is -3.75. The summed E-state index contributed by atoms with van der Waals surface area (Å²) >= 11 is 0. The zero-order valence-corrected chi connectivity index (χ0v) is 10.6. The van der Waals surface area contributed by atoms with Crippen molar-refractivity contribution in [3.63, 3.8) is 0 Å². The maximum absolute atomic E-state index is 11.8. The van der Waals surface area contributed by atoms with Gasteiger partial charge in [-0.2, -0.15) is 0 Å².